The molecule has 0 bridgehead atoms. The molecule has 0 aliphatic rings. The molecule has 3 N–H and O–H groups in total. The number of anilines is 2. The van der Waals surface area contributed by atoms with Gasteiger partial charge in [0, 0.05) is 26.2 Å². The summed E-state index contributed by atoms with van der Waals surface area (Å²) in [5, 5.41) is 7.38. The molecular weight excluding hydrogens is 216 g/mol. The summed E-state index contributed by atoms with van der Waals surface area (Å²) < 4.78 is 1.69. The van der Waals surface area contributed by atoms with Gasteiger partial charge >= 0.3 is 0 Å². The van der Waals surface area contributed by atoms with Crippen molar-refractivity contribution < 1.29 is 0 Å². The largest absolute Gasteiger partial charge is 0.396 e. The number of nitrogens with two attached hydrogens (primary N) is 1. The average molecular weight is 232 g/mol. The predicted molar refractivity (Wildman–Crippen MR) is 66.6 cm³/mol. The van der Waals surface area contributed by atoms with Crippen LogP contribution in [0.15, 0.2) is 18.6 Å². The Balaban J connectivity index is 1.92. The molecule has 0 unspecified atom stereocenters. The van der Waals surface area contributed by atoms with Gasteiger partial charge in [0.25, 0.3) is 0 Å². The zero-order valence-corrected chi connectivity index (χ0v) is 10.0. The number of nitrogens with zero attached hydrogens (tertiary/aromatic N) is 4. The first-order valence-corrected chi connectivity index (χ1v) is 5.46. The van der Waals surface area contributed by atoms with E-state index in [4.69, 9.17) is 5.73 Å². The van der Waals surface area contributed by atoms with Crippen LogP contribution < -0.4 is 11.1 Å². The number of hydrogen-bond acceptors (Lipinski definition) is 5. The topological polar surface area (TPSA) is 81.7 Å². The van der Waals surface area contributed by atoms with Gasteiger partial charge in [-0.2, -0.15) is 5.10 Å². The lowest BCUT2D eigenvalue weighted by molar-refractivity contribution is 0.742. The summed E-state index contributed by atoms with van der Waals surface area (Å²) in [5.41, 5.74) is 7.63. The molecule has 2 aromatic heterocycles. The van der Waals surface area contributed by atoms with Gasteiger partial charge < -0.3 is 11.1 Å². The number of rotatable bonds is 4. The van der Waals surface area contributed by atoms with Crippen LogP contribution in [0, 0.1) is 6.92 Å². The Hall–Kier alpha value is -2.11. The molecule has 6 heteroatoms. The van der Waals surface area contributed by atoms with Crippen molar-refractivity contribution in [2.24, 2.45) is 7.05 Å². The molecule has 0 aliphatic carbocycles. The van der Waals surface area contributed by atoms with Gasteiger partial charge in [0.1, 0.15) is 12.1 Å². The van der Waals surface area contributed by atoms with E-state index < -0.39 is 0 Å². The van der Waals surface area contributed by atoms with Crippen molar-refractivity contribution in [3.05, 3.63) is 30.0 Å². The predicted octanol–water partition coefficient (Wildman–Crippen LogP) is 0.755. The van der Waals surface area contributed by atoms with Crippen molar-refractivity contribution in [1.29, 1.82) is 0 Å². The van der Waals surface area contributed by atoms with E-state index in [0.717, 1.165) is 23.6 Å². The van der Waals surface area contributed by atoms with Gasteiger partial charge in [0.2, 0.25) is 0 Å². The summed E-state index contributed by atoms with van der Waals surface area (Å²) in [4.78, 5) is 8.34. The van der Waals surface area contributed by atoms with E-state index >= 15 is 0 Å². The monoisotopic (exact) mass is 232 g/mol. The molecule has 0 saturated heterocycles. The van der Waals surface area contributed by atoms with Crippen LogP contribution in [0.25, 0.3) is 0 Å². The number of aryl methyl sites for hydroxylation is 2. The van der Waals surface area contributed by atoms with Crippen LogP contribution in [0.4, 0.5) is 11.5 Å². The maximum atomic E-state index is 5.91. The summed E-state index contributed by atoms with van der Waals surface area (Å²) >= 11 is 0. The molecule has 2 aromatic rings. The molecule has 2 heterocycles. The lowest BCUT2D eigenvalue weighted by Crippen LogP contribution is -2.10. The Kier molecular flexibility index (Phi) is 3.22. The molecule has 90 valence electrons. The molecule has 0 spiro atoms. The maximum absolute atomic E-state index is 5.91. The van der Waals surface area contributed by atoms with E-state index in [0.29, 0.717) is 12.2 Å². The summed E-state index contributed by atoms with van der Waals surface area (Å²) in [6.45, 7) is 2.67. The fraction of sp³-hybridized carbons (Fsp3) is 0.364. The summed E-state index contributed by atoms with van der Waals surface area (Å²) in [5.74, 6) is 1.53. The second kappa shape index (κ2) is 4.82. The van der Waals surface area contributed by atoms with Crippen LogP contribution in [0.2, 0.25) is 0 Å². The van der Waals surface area contributed by atoms with E-state index in [1.54, 1.807) is 17.2 Å². The fourth-order valence-electron chi connectivity index (χ4n) is 1.50. The first-order valence-electron chi connectivity index (χ1n) is 5.46. The van der Waals surface area contributed by atoms with E-state index in [1.807, 2.05) is 20.0 Å². The SMILES string of the molecule is Cc1ccnc(NCCc2ncn(C)n2)c1N. The minimum atomic E-state index is 0.696. The van der Waals surface area contributed by atoms with Crippen molar-refractivity contribution in [2.45, 2.75) is 13.3 Å². The van der Waals surface area contributed by atoms with E-state index in [2.05, 4.69) is 20.4 Å². The third kappa shape index (κ3) is 2.72. The zero-order valence-electron chi connectivity index (χ0n) is 10.0. The smallest absolute Gasteiger partial charge is 0.152 e. The van der Waals surface area contributed by atoms with Crippen molar-refractivity contribution in [3.8, 4) is 0 Å². The maximum Gasteiger partial charge on any atom is 0.152 e. The summed E-state index contributed by atoms with van der Waals surface area (Å²) in [6, 6.07) is 1.89. The number of nitrogens with one attached hydrogen (secondary N) is 1. The van der Waals surface area contributed by atoms with Gasteiger partial charge in [0.05, 0.1) is 5.69 Å². The number of hydrogen-bond donors (Lipinski definition) is 2. The van der Waals surface area contributed by atoms with Gasteiger partial charge in [-0.15, -0.1) is 0 Å². The van der Waals surface area contributed by atoms with E-state index in [1.165, 1.54) is 0 Å². The van der Waals surface area contributed by atoms with Crippen LogP contribution in [0.5, 0.6) is 0 Å². The van der Waals surface area contributed by atoms with Gasteiger partial charge in [0.15, 0.2) is 5.82 Å². The molecule has 0 amide bonds. The highest BCUT2D eigenvalue weighted by atomic mass is 15.3. The first kappa shape index (κ1) is 11.4. The van der Waals surface area contributed by atoms with Crippen molar-refractivity contribution in [1.82, 2.24) is 19.7 Å². The Morgan fingerprint density at radius 3 is 2.94 bits per heavy atom. The standard InChI is InChI=1S/C11H16N6/c1-8-3-5-13-11(10(8)12)14-6-4-9-15-7-17(2)16-9/h3,5,7H,4,6,12H2,1-2H3,(H,13,14). The minimum Gasteiger partial charge on any atom is -0.396 e. The van der Waals surface area contributed by atoms with Crippen LogP contribution in [-0.4, -0.2) is 26.3 Å². The molecule has 0 fully saturated rings. The third-order valence-electron chi connectivity index (χ3n) is 2.50. The fourth-order valence-corrected chi connectivity index (χ4v) is 1.50. The van der Waals surface area contributed by atoms with Crippen molar-refractivity contribution >= 4 is 11.5 Å². The second-order valence-electron chi connectivity index (χ2n) is 3.90. The van der Waals surface area contributed by atoms with Gasteiger partial charge in [-0.05, 0) is 18.6 Å². The Bertz CT molecular complexity index is 504. The highest BCUT2D eigenvalue weighted by Gasteiger charge is 2.03. The van der Waals surface area contributed by atoms with E-state index in [-0.39, 0.29) is 0 Å². The van der Waals surface area contributed by atoms with Crippen LogP contribution in [0.3, 0.4) is 0 Å². The summed E-state index contributed by atoms with van der Waals surface area (Å²) in [6.07, 6.45) is 4.18. The van der Waals surface area contributed by atoms with Crippen LogP contribution in [0.1, 0.15) is 11.4 Å². The molecule has 0 saturated carbocycles. The lowest BCUT2D eigenvalue weighted by Gasteiger charge is -2.08. The normalized spacial score (nSPS) is 10.5. The third-order valence-corrected chi connectivity index (χ3v) is 2.50. The molecule has 0 aromatic carbocycles. The number of nitrogen functional groups attached to an aromatic ring is 1. The van der Waals surface area contributed by atoms with Gasteiger partial charge in [-0.1, -0.05) is 0 Å². The molecule has 6 nitrogen and oxygen atoms in total. The first-order chi connectivity index (χ1) is 8.16. The molecule has 0 radical (unpaired) electrons. The highest BCUT2D eigenvalue weighted by molar-refractivity contribution is 5.64. The van der Waals surface area contributed by atoms with Gasteiger partial charge in [-0.25, -0.2) is 9.97 Å². The number of pyridine rings is 1. The molecule has 2 rings (SSSR count). The molecule has 17 heavy (non-hydrogen) atoms. The Morgan fingerprint density at radius 2 is 2.24 bits per heavy atom. The molecular formula is C11H16N6. The average Bonchev–Trinajstić information content (AvgIpc) is 2.70. The van der Waals surface area contributed by atoms with Crippen LogP contribution >= 0.6 is 0 Å². The quantitative estimate of drug-likeness (QED) is 0.813. The zero-order chi connectivity index (χ0) is 12.3. The van der Waals surface area contributed by atoms with Crippen LogP contribution in [-0.2, 0) is 13.5 Å². The second-order valence-corrected chi connectivity index (χ2v) is 3.90. The summed E-state index contributed by atoms with van der Waals surface area (Å²) in [7, 11) is 1.85. The van der Waals surface area contributed by atoms with E-state index in [9.17, 15) is 0 Å². The lowest BCUT2D eigenvalue weighted by atomic mass is 10.2. The molecule has 0 aliphatic heterocycles. The molecule has 0 atom stereocenters. The Morgan fingerprint density at radius 1 is 1.41 bits per heavy atom. The Labute approximate surface area is 99.9 Å². The van der Waals surface area contributed by atoms with Gasteiger partial charge in [-0.3, -0.25) is 4.68 Å². The number of aromatic nitrogens is 4. The highest BCUT2D eigenvalue weighted by Crippen LogP contribution is 2.18. The minimum absolute atomic E-state index is 0.696. The van der Waals surface area contributed by atoms with Crippen molar-refractivity contribution in [2.75, 3.05) is 17.6 Å². The van der Waals surface area contributed by atoms with Crippen molar-refractivity contribution in [3.63, 3.8) is 0 Å².